The number of rotatable bonds is 4. The summed E-state index contributed by atoms with van der Waals surface area (Å²) < 4.78 is 5.16. The van der Waals surface area contributed by atoms with Gasteiger partial charge in [-0.1, -0.05) is 48.2 Å². The van der Waals surface area contributed by atoms with Crippen molar-refractivity contribution in [3.63, 3.8) is 0 Å². The Labute approximate surface area is 150 Å². The van der Waals surface area contributed by atoms with Crippen LogP contribution in [0.25, 0.3) is 0 Å². The van der Waals surface area contributed by atoms with Gasteiger partial charge in [-0.25, -0.2) is 4.79 Å². The molecule has 0 aliphatic heterocycles. The monoisotopic (exact) mass is 335 g/mol. The minimum atomic E-state index is -0.413. The molecule has 0 fully saturated rings. The average molecular weight is 335 g/mol. The van der Waals surface area contributed by atoms with Gasteiger partial charge >= 0.3 is 6.09 Å². The molecule has 2 rings (SSSR count). The summed E-state index contributed by atoms with van der Waals surface area (Å²) in [6.07, 6.45) is 0.177. The Morgan fingerprint density at radius 1 is 1.04 bits per heavy atom. The number of carbonyl (C=O) groups excluding carboxylic acids is 1. The van der Waals surface area contributed by atoms with Gasteiger partial charge in [0.25, 0.3) is 0 Å². The molecule has 3 heteroatoms. The minimum absolute atomic E-state index is 0.277. The van der Waals surface area contributed by atoms with Crippen LogP contribution < -0.4 is 5.32 Å². The van der Waals surface area contributed by atoms with Crippen molar-refractivity contribution in [1.82, 2.24) is 5.32 Å². The molecule has 0 radical (unpaired) electrons. The molecule has 0 spiro atoms. The summed E-state index contributed by atoms with van der Waals surface area (Å²) >= 11 is 0. The molecule has 3 nitrogen and oxygen atoms in total. The van der Waals surface area contributed by atoms with Gasteiger partial charge in [0.15, 0.2) is 0 Å². The molecule has 2 aromatic rings. The molecule has 0 saturated carbocycles. The number of nitrogens with one attached hydrogen (secondary N) is 1. The average Bonchev–Trinajstić information content (AvgIpc) is 2.61. The number of ether oxygens (including phenoxy) is 1. The van der Waals surface area contributed by atoms with Crippen molar-refractivity contribution < 1.29 is 9.53 Å². The maximum atomic E-state index is 11.7. The number of amides is 1. The molecule has 0 atom stereocenters. The van der Waals surface area contributed by atoms with Gasteiger partial charge in [-0.3, -0.25) is 0 Å². The third-order valence-corrected chi connectivity index (χ3v) is 4.31. The normalized spacial score (nSPS) is 9.92. The summed E-state index contributed by atoms with van der Waals surface area (Å²) in [7, 11) is 0. The molecule has 0 aliphatic rings. The topological polar surface area (TPSA) is 38.3 Å². The maximum absolute atomic E-state index is 11.7. The van der Waals surface area contributed by atoms with E-state index < -0.39 is 6.09 Å². The van der Waals surface area contributed by atoms with Crippen molar-refractivity contribution in [3.05, 3.63) is 69.8 Å². The molecule has 0 saturated heterocycles. The first-order chi connectivity index (χ1) is 12.0. The zero-order valence-corrected chi connectivity index (χ0v) is 15.4. The number of carbonyl (C=O) groups is 1. The van der Waals surface area contributed by atoms with Gasteiger partial charge in [0.2, 0.25) is 0 Å². The Balaban J connectivity index is 1.80. The van der Waals surface area contributed by atoms with Crippen molar-refractivity contribution in [2.75, 3.05) is 6.54 Å². The largest absolute Gasteiger partial charge is 0.445 e. The summed E-state index contributed by atoms with van der Waals surface area (Å²) in [4.78, 5) is 11.7. The lowest BCUT2D eigenvalue weighted by Crippen LogP contribution is -2.24. The third kappa shape index (κ3) is 5.39. The summed E-state index contributed by atoms with van der Waals surface area (Å²) in [5, 5.41) is 2.73. The van der Waals surface area contributed by atoms with E-state index in [0.717, 1.165) is 11.1 Å². The molecule has 2 aromatic carbocycles. The molecule has 1 amide bonds. The Bertz CT molecular complexity index is 772. The minimum Gasteiger partial charge on any atom is -0.445 e. The van der Waals surface area contributed by atoms with E-state index in [1.54, 1.807) is 0 Å². The number of benzene rings is 2. The van der Waals surface area contributed by atoms with Gasteiger partial charge in [-0.15, -0.1) is 0 Å². The van der Waals surface area contributed by atoms with E-state index >= 15 is 0 Å². The Morgan fingerprint density at radius 3 is 2.32 bits per heavy atom. The van der Waals surface area contributed by atoms with Crippen molar-refractivity contribution in [1.29, 1.82) is 0 Å². The van der Waals surface area contributed by atoms with Crippen LogP contribution in [0.1, 0.15) is 39.8 Å². The molecule has 130 valence electrons. The van der Waals surface area contributed by atoms with Crippen LogP contribution in [0, 0.1) is 39.5 Å². The first-order valence-electron chi connectivity index (χ1n) is 8.50. The predicted molar refractivity (Wildman–Crippen MR) is 102 cm³/mol. The summed E-state index contributed by atoms with van der Waals surface area (Å²) in [6, 6.07) is 11.8. The van der Waals surface area contributed by atoms with E-state index in [0.29, 0.717) is 13.0 Å². The fourth-order valence-electron chi connectivity index (χ4n) is 2.56. The van der Waals surface area contributed by atoms with Gasteiger partial charge in [0.1, 0.15) is 6.61 Å². The Kier molecular flexibility index (Phi) is 6.65. The van der Waals surface area contributed by atoms with Crippen LogP contribution in [0.3, 0.4) is 0 Å². The molecule has 0 bridgehead atoms. The van der Waals surface area contributed by atoms with Crippen LogP contribution >= 0.6 is 0 Å². The van der Waals surface area contributed by atoms with Crippen molar-refractivity contribution in [2.45, 2.75) is 40.7 Å². The molecule has 0 aromatic heterocycles. The lowest BCUT2D eigenvalue weighted by molar-refractivity contribution is 0.140. The second-order valence-corrected chi connectivity index (χ2v) is 6.18. The van der Waals surface area contributed by atoms with Crippen LogP contribution in [-0.4, -0.2) is 12.6 Å². The zero-order chi connectivity index (χ0) is 18.2. The Hall–Kier alpha value is -2.73. The molecular weight excluding hydrogens is 310 g/mol. The van der Waals surface area contributed by atoms with Crippen molar-refractivity contribution in [3.8, 4) is 11.8 Å². The lowest BCUT2D eigenvalue weighted by Gasteiger charge is -2.10. The van der Waals surface area contributed by atoms with Crippen LogP contribution in [0.15, 0.2) is 36.4 Å². The van der Waals surface area contributed by atoms with E-state index in [1.165, 1.54) is 22.3 Å². The fourth-order valence-corrected chi connectivity index (χ4v) is 2.56. The molecule has 0 unspecified atom stereocenters. The second-order valence-electron chi connectivity index (χ2n) is 6.18. The third-order valence-electron chi connectivity index (χ3n) is 4.31. The van der Waals surface area contributed by atoms with Gasteiger partial charge in [0.05, 0.1) is 0 Å². The fraction of sp³-hybridized carbons (Fsp3) is 0.318. The van der Waals surface area contributed by atoms with Crippen molar-refractivity contribution in [2.24, 2.45) is 0 Å². The standard InChI is InChI=1S/C22H25NO2/c1-16-14-17(2)19(4)21(18(16)3)12-8-9-13-23-22(24)25-15-20-10-6-5-7-11-20/h5-7,10-11,14H,9,13,15H2,1-4H3,(H,23,24). The first kappa shape index (κ1) is 18.6. The molecular formula is C22H25NO2. The molecule has 25 heavy (non-hydrogen) atoms. The van der Waals surface area contributed by atoms with Gasteiger partial charge < -0.3 is 10.1 Å². The number of alkyl carbamates (subject to hydrolysis) is 1. The van der Waals surface area contributed by atoms with Gasteiger partial charge in [-0.05, 0) is 55.5 Å². The highest BCUT2D eigenvalue weighted by atomic mass is 16.5. The van der Waals surface area contributed by atoms with Crippen LogP contribution in [0.2, 0.25) is 0 Å². The lowest BCUT2D eigenvalue weighted by atomic mass is 9.94. The second kappa shape index (κ2) is 8.94. The highest BCUT2D eigenvalue weighted by molar-refractivity contribution is 5.67. The molecule has 1 N–H and O–H groups in total. The van der Waals surface area contributed by atoms with E-state index in [-0.39, 0.29) is 6.61 Å². The van der Waals surface area contributed by atoms with Crippen LogP contribution in [-0.2, 0) is 11.3 Å². The molecule has 0 heterocycles. The number of hydrogen-bond donors (Lipinski definition) is 1. The highest BCUT2D eigenvalue weighted by Crippen LogP contribution is 2.20. The van der Waals surface area contributed by atoms with E-state index in [9.17, 15) is 4.79 Å². The highest BCUT2D eigenvalue weighted by Gasteiger charge is 2.05. The number of aryl methyl sites for hydroxylation is 2. The van der Waals surface area contributed by atoms with E-state index in [1.807, 2.05) is 30.3 Å². The summed E-state index contributed by atoms with van der Waals surface area (Å²) in [5.74, 6) is 6.40. The van der Waals surface area contributed by atoms with Gasteiger partial charge in [0, 0.05) is 18.5 Å². The predicted octanol–water partition coefficient (Wildman–Crippen LogP) is 4.59. The Morgan fingerprint density at radius 2 is 1.68 bits per heavy atom. The van der Waals surface area contributed by atoms with Crippen LogP contribution in [0.5, 0.6) is 0 Å². The van der Waals surface area contributed by atoms with Gasteiger partial charge in [-0.2, -0.15) is 0 Å². The van der Waals surface area contributed by atoms with E-state index in [4.69, 9.17) is 4.74 Å². The molecule has 0 aliphatic carbocycles. The summed E-state index contributed by atoms with van der Waals surface area (Å²) in [5.41, 5.74) is 7.05. The van der Waals surface area contributed by atoms with Crippen molar-refractivity contribution >= 4 is 6.09 Å². The summed E-state index contributed by atoms with van der Waals surface area (Å²) in [6.45, 7) is 9.17. The zero-order valence-electron chi connectivity index (χ0n) is 15.4. The first-order valence-corrected chi connectivity index (χ1v) is 8.50. The smallest absolute Gasteiger partial charge is 0.407 e. The SMILES string of the molecule is Cc1cc(C)c(C)c(C#CCCNC(=O)OCc2ccccc2)c1C. The van der Waals surface area contributed by atoms with E-state index in [2.05, 4.69) is 50.9 Å². The number of hydrogen-bond acceptors (Lipinski definition) is 2. The quantitative estimate of drug-likeness (QED) is 0.655. The maximum Gasteiger partial charge on any atom is 0.407 e. The van der Waals surface area contributed by atoms with Crippen LogP contribution in [0.4, 0.5) is 4.79 Å².